The van der Waals surface area contributed by atoms with E-state index in [1.807, 2.05) is 60.7 Å². The van der Waals surface area contributed by atoms with Gasteiger partial charge < -0.3 is 14.2 Å². The minimum atomic E-state index is 0.391. The topological polar surface area (TPSA) is 44.8 Å². The Morgan fingerprint density at radius 1 is 0.840 bits per heavy atom. The highest BCUT2D eigenvalue weighted by Gasteiger charge is 2.13. The lowest BCUT2D eigenvalue weighted by atomic mass is 10.2. The molecule has 3 aromatic rings. The highest BCUT2D eigenvalue weighted by molar-refractivity contribution is 5.81. The van der Waals surface area contributed by atoms with Crippen LogP contribution in [0.5, 0.6) is 23.0 Å². The van der Waals surface area contributed by atoms with Crippen molar-refractivity contribution in [2.75, 3.05) is 7.11 Å². The molecular weight excluding hydrogens is 316 g/mol. The molecule has 0 saturated carbocycles. The molecule has 0 aliphatic rings. The Bertz CT molecular complexity index is 829. The molecule has 0 radical (unpaired) electrons. The van der Waals surface area contributed by atoms with Crippen molar-refractivity contribution in [2.45, 2.75) is 6.61 Å². The van der Waals surface area contributed by atoms with E-state index >= 15 is 0 Å². The maximum atomic E-state index is 11.4. The van der Waals surface area contributed by atoms with Crippen LogP contribution < -0.4 is 14.2 Å². The molecule has 25 heavy (non-hydrogen) atoms. The molecular formula is C21H18O4. The molecule has 0 atom stereocenters. The van der Waals surface area contributed by atoms with E-state index in [-0.39, 0.29) is 0 Å². The van der Waals surface area contributed by atoms with Crippen molar-refractivity contribution in [2.24, 2.45) is 0 Å². The second-order valence-corrected chi connectivity index (χ2v) is 5.35. The van der Waals surface area contributed by atoms with Crippen molar-refractivity contribution in [1.29, 1.82) is 0 Å². The molecule has 3 aromatic carbocycles. The molecule has 0 saturated heterocycles. The Kier molecular flexibility index (Phi) is 5.32. The van der Waals surface area contributed by atoms with Gasteiger partial charge in [0.15, 0.2) is 17.8 Å². The molecule has 0 unspecified atom stereocenters. The summed E-state index contributed by atoms with van der Waals surface area (Å²) in [7, 11) is 1.54. The first kappa shape index (κ1) is 16.6. The fourth-order valence-corrected chi connectivity index (χ4v) is 2.36. The lowest BCUT2D eigenvalue weighted by molar-refractivity contribution is 0.112. The van der Waals surface area contributed by atoms with Crippen LogP contribution >= 0.6 is 0 Å². The van der Waals surface area contributed by atoms with Gasteiger partial charge >= 0.3 is 0 Å². The third-order valence-corrected chi connectivity index (χ3v) is 3.63. The molecule has 126 valence electrons. The lowest BCUT2D eigenvalue weighted by Gasteiger charge is -2.15. The number of para-hydroxylation sites is 1. The van der Waals surface area contributed by atoms with E-state index in [0.717, 1.165) is 11.8 Å². The zero-order chi connectivity index (χ0) is 17.5. The SMILES string of the molecule is COc1cc(C=O)c(Oc2ccccc2)cc1OCc1ccccc1. The van der Waals surface area contributed by atoms with Crippen molar-refractivity contribution >= 4 is 6.29 Å². The van der Waals surface area contributed by atoms with Gasteiger partial charge in [-0.1, -0.05) is 48.5 Å². The maximum absolute atomic E-state index is 11.4. The molecule has 0 fully saturated rings. The van der Waals surface area contributed by atoms with Gasteiger partial charge in [-0.25, -0.2) is 0 Å². The van der Waals surface area contributed by atoms with Crippen molar-refractivity contribution in [3.05, 3.63) is 83.9 Å². The summed E-state index contributed by atoms with van der Waals surface area (Å²) in [6.07, 6.45) is 0.738. The van der Waals surface area contributed by atoms with Crippen LogP contribution in [0.4, 0.5) is 0 Å². The third-order valence-electron chi connectivity index (χ3n) is 3.63. The summed E-state index contributed by atoms with van der Waals surface area (Å²) in [6, 6.07) is 22.4. The minimum absolute atomic E-state index is 0.391. The maximum Gasteiger partial charge on any atom is 0.165 e. The number of benzene rings is 3. The average Bonchev–Trinajstić information content (AvgIpc) is 2.68. The van der Waals surface area contributed by atoms with E-state index in [9.17, 15) is 4.79 Å². The molecule has 0 spiro atoms. The highest BCUT2D eigenvalue weighted by Crippen LogP contribution is 2.36. The zero-order valence-electron chi connectivity index (χ0n) is 13.8. The van der Waals surface area contributed by atoms with E-state index in [1.54, 1.807) is 12.1 Å². The van der Waals surface area contributed by atoms with Crippen molar-refractivity contribution in [3.63, 3.8) is 0 Å². The lowest BCUT2D eigenvalue weighted by Crippen LogP contribution is -2.00. The van der Waals surface area contributed by atoms with Crippen LogP contribution in [0.2, 0.25) is 0 Å². The van der Waals surface area contributed by atoms with Crippen molar-refractivity contribution in [1.82, 2.24) is 0 Å². The summed E-state index contributed by atoms with van der Waals surface area (Å²) in [5.74, 6) is 2.07. The number of hydrogen-bond acceptors (Lipinski definition) is 4. The van der Waals surface area contributed by atoms with Crippen LogP contribution in [0.3, 0.4) is 0 Å². The van der Waals surface area contributed by atoms with Crippen LogP contribution in [0, 0.1) is 0 Å². The van der Waals surface area contributed by atoms with Crippen LogP contribution in [0.1, 0.15) is 15.9 Å². The quantitative estimate of drug-likeness (QED) is 0.578. The molecule has 0 bridgehead atoms. The first-order valence-electron chi connectivity index (χ1n) is 7.87. The third kappa shape index (κ3) is 4.18. The van der Waals surface area contributed by atoms with E-state index in [4.69, 9.17) is 14.2 Å². The summed E-state index contributed by atoms with van der Waals surface area (Å²) in [4.78, 5) is 11.4. The highest BCUT2D eigenvalue weighted by atomic mass is 16.5. The number of methoxy groups -OCH3 is 1. The summed E-state index contributed by atoms with van der Waals surface area (Å²) in [5.41, 5.74) is 1.43. The Hall–Kier alpha value is -3.27. The molecule has 3 rings (SSSR count). The number of ether oxygens (including phenoxy) is 3. The number of carbonyl (C=O) groups excluding carboxylic acids is 1. The Morgan fingerprint density at radius 2 is 1.52 bits per heavy atom. The molecule has 0 aliphatic heterocycles. The second kappa shape index (κ2) is 8.02. The van der Waals surface area contributed by atoms with Gasteiger partial charge in [-0.2, -0.15) is 0 Å². The van der Waals surface area contributed by atoms with Gasteiger partial charge in [0.05, 0.1) is 12.7 Å². The molecule has 0 N–H and O–H groups in total. The normalized spacial score (nSPS) is 10.1. The Balaban J connectivity index is 1.88. The zero-order valence-corrected chi connectivity index (χ0v) is 13.8. The standard InChI is InChI=1S/C21H18O4/c1-23-20-12-17(14-22)19(25-18-10-6-3-7-11-18)13-21(20)24-15-16-8-4-2-5-9-16/h2-14H,15H2,1H3. The first-order chi connectivity index (χ1) is 12.3. The average molecular weight is 334 g/mol. The number of carbonyl (C=O) groups is 1. The monoisotopic (exact) mass is 334 g/mol. The Labute approximate surface area is 146 Å². The predicted octanol–water partition coefficient (Wildman–Crippen LogP) is 4.88. The van der Waals surface area contributed by atoms with E-state index < -0.39 is 0 Å². The van der Waals surface area contributed by atoms with Crippen LogP contribution in [-0.4, -0.2) is 13.4 Å². The summed E-state index contributed by atoms with van der Waals surface area (Å²) < 4.78 is 17.0. The van der Waals surface area contributed by atoms with E-state index in [1.165, 1.54) is 7.11 Å². The molecule has 0 aliphatic carbocycles. The molecule has 0 amide bonds. The predicted molar refractivity (Wildman–Crippen MR) is 95.7 cm³/mol. The van der Waals surface area contributed by atoms with Crippen molar-refractivity contribution in [3.8, 4) is 23.0 Å². The Morgan fingerprint density at radius 3 is 2.16 bits per heavy atom. The fraction of sp³-hybridized carbons (Fsp3) is 0.0952. The van der Waals surface area contributed by atoms with Gasteiger partial charge in [-0.05, 0) is 23.8 Å². The van der Waals surface area contributed by atoms with Crippen molar-refractivity contribution < 1.29 is 19.0 Å². The smallest absolute Gasteiger partial charge is 0.165 e. The fourth-order valence-electron chi connectivity index (χ4n) is 2.36. The van der Waals surface area contributed by atoms with Crippen LogP contribution in [0.15, 0.2) is 72.8 Å². The number of aldehydes is 1. The molecule has 4 heteroatoms. The number of rotatable bonds is 7. The van der Waals surface area contributed by atoms with Gasteiger partial charge in [0, 0.05) is 6.07 Å². The van der Waals surface area contributed by atoms with Gasteiger partial charge in [-0.15, -0.1) is 0 Å². The largest absolute Gasteiger partial charge is 0.493 e. The molecule has 4 nitrogen and oxygen atoms in total. The van der Waals surface area contributed by atoms with Gasteiger partial charge in [0.25, 0.3) is 0 Å². The van der Waals surface area contributed by atoms with Gasteiger partial charge in [-0.3, -0.25) is 4.79 Å². The van der Waals surface area contributed by atoms with Gasteiger partial charge in [0.1, 0.15) is 18.1 Å². The minimum Gasteiger partial charge on any atom is -0.493 e. The van der Waals surface area contributed by atoms with Crippen LogP contribution in [-0.2, 0) is 6.61 Å². The summed E-state index contributed by atoms with van der Waals surface area (Å²) in [6.45, 7) is 0.391. The molecule has 0 heterocycles. The molecule has 0 aromatic heterocycles. The van der Waals surface area contributed by atoms with Gasteiger partial charge in [0.2, 0.25) is 0 Å². The van der Waals surface area contributed by atoms with E-state index in [0.29, 0.717) is 35.2 Å². The second-order valence-electron chi connectivity index (χ2n) is 5.35. The van der Waals surface area contributed by atoms with Crippen LogP contribution in [0.25, 0.3) is 0 Å². The summed E-state index contributed by atoms with van der Waals surface area (Å²) in [5, 5.41) is 0. The first-order valence-corrected chi connectivity index (χ1v) is 7.87. The summed E-state index contributed by atoms with van der Waals surface area (Å²) >= 11 is 0. The van der Waals surface area contributed by atoms with E-state index in [2.05, 4.69) is 0 Å². The number of hydrogen-bond donors (Lipinski definition) is 0.